The average molecular weight is 724 g/mol. The number of phenols is 2. The quantitative estimate of drug-likeness (QED) is 0.153. The molecule has 52 heavy (non-hydrogen) atoms. The van der Waals surface area contributed by atoms with Gasteiger partial charge < -0.3 is 49.8 Å². The summed E-state index contributed by atoms with van der Waals surface area (Å²) < 4.78 is 23.2. The van der Waals surface area contributed by atoms with Gasteiger partial charge >= 0.3 is 6.09 Å². The molecular weight excluding hydrogens is 678 g/mol. The molecule has 0 radical (unpaired) electrons. The first-order valence-corrected chi connectivity index (χ1v) is 17.5. The molecule has 0 saturated carbocycles. The number of ether oxygens (including phenoxy) is 4. The number of nitrogens with one attached hydrogen (secondary N) is 1. The van der Waals surface area contributed by atoms with E-state index in [2.05, 4.69) is 19.2 Å². The summed E-state index contributed by atoms with van der Waals surface area (Å²) in [4.78, 5) is 53.6. The number of methoxy groups -OCH3 is 1. The smallest absolute Gasteiger partial charge is 0.408 e. The highest BCUT2D eigenvalue weighted by molar-refractivity contribution is 6.31. The maximum atomic E-state index is 13.9. The number of rotatable bonds is 7. The fourth-order valence-electron chi connectivity index (χ4n) is 7.76. The second kappa shape index (κ2) is 14.2. The van der Waals surface area contributed by atoms with Crippen molar-refractivity contribution >= 4 is 23.4 Å². The summed E-state index contributed by atoms with van der Waals surface area (Å²) in [6.07, 6.45) is -0.126. The van der Waals surface area contributed by atoms with Gasteiger partial charge in [-0.2, -0.15) is 0 Å². The molecule has 4 aliphatic rings. The van der Waals surface area contributed by atoms with Gasteiger partial charge in [0.15, 0.2) is 17.9 Å². The summed E-state index contributed by atoms with van der Waals surface area (Å²) in [5, 5.41) is 58.3. The number of phenolic OH excluding ortho intramolecular Hbond substituents is 2. The van der Waals surface area contributed by atoms with Gasteiger partial charge in [0.2, 0.25) is 5.78 Å². The van der Waals surface area contributed by atoms with E-state index in [1.165, 1.54) is 25.3 Å². The number of allylic oxidation sites excluding steroid dienone is 1. The lowest BCUT2D eigenvalue weighted by molar-refractivity contribution is -0.249. The molecule has 6 rings (SSSR count). The summed E-state index contributed by atoms with van der Waals surface area (Å²) >= 11 is 0. The van der Waals surface area contributed by atoms with Crippen LogP contribution in [0, 0.1) is 5.41 Å². The van der Waals surface area contributed by atoms with Crippen molar-refractivity contribution < 1.29 is 63.7 Å². The second-order valence-corrected chi connectivity index (χ2v) is 14.9. The van der Waals surface area contributed by atoms with E-state index >= 15 is 0 Å². The molecule has 7 atom stereocenters. The Balaban J connectivity index is 1.31. The first kappa shape index (κ1) is 37.4. The van der Waals surface area contributed by atoms with Crippen LogP contribution in [0.15, 0.2) is 30.4 Å². The third-order valence-corrected chi connectivity index (χ3v) is 10.8. The number of amides is 1. The lowest BCUT2D eigenvalue weighted by Crippen LogP contribution is -2.56. The lowest BCUT2D eigenvalue weighted by Gasteiger charge is -2.42. The van der Waals surface area contributed by atoms with Crippen LogP contribution in [0.25, 0.3) is 0 Å². The SMILES string of the molecule is COc1cccc2c1C(=O)c1c(O)c3c(c(O)c1C2=O)C[C@@](O)(C(=O)CO)C[C@@H]3OC1C[C@H](NC(=O)OC2/C=C/CCC(C)(C)CC2)[C@H](O)[C@H](C)O1. The van der Waals surface area contributed by atoms with E-state index in [0.29, 0.717) is 6.42 Å². The molecule has 14 heteroatoms. The number of fused-ring (bicyclic) bond motifs is 3. The lowest BCUT2D eigenvalue weighted by atomic mass is 9.72. The largest absolute Gasteiger partial charge is 0.507 e. The number of aliphatic hydroxyl groups is 3. The maximum Gasteiger partial charge on any atom is 0.408 e. The molecule has 1 amide bonds. The average Bonchev–Trinajstić information content (AvgIpc) is 3.09. The summed E-state index contributed by atoms with van der Waals surface area (Å²) in [5.41, 5.74) is -3.85. The van der Waals surface area contributed by atoms with Crippen LogP contribution in [0.4, 0.5) is 4.79 Å². The molecule has 280 valence electrons. The zero-order chi connectivity index (χ0) is 37.7. The number of aromatic hydroxyl groups is 2. The molecule has 1 fully saturated rings. The van der Waals surface area contributed by atoms with Gasteiger partial charge in [-0.15, -0.1) is 0 Å². The molecule has 1 heterocycles. The third-order valence-electron chi connectivity index (χ3n) is 10.8. The first-order chi connectivity index (χ1) is 24.6. The normalized spacial score (nSPS) is 30.1. The summed E-state index contributed by atoms with van der Waals surface area (Å²) in [5.74, 6) is -3.99. The fraction of sp³-hybridized carbons (Fsp3) is 0.526. The number of aliphatic hydroxyl groups excluding tert-OH is 2. The predicted octanol–water partition coefficient (Wildman–Crippen LogP) is 3.29. The first-order valence-electron chi connectivity index (χ1n) is 17.5. The van der Waals surface area contributed by atoms with Crippen molar-refractivity contribution in [2.45, 2.75) is 108 Å². The van der Waals surface area contributed by atoms with E-state index in [1.54, 1.807) is 6.92 Å². The Bertz CT molecular complexity index is 1820. The minimum atomic E-state index is -2.33. The van der Waals surface area contributed by atoms with E-state index in [4.69, 9.17) is 18.9 Å². The molecule has 3 aliphatic carbocycles. The van der Waals surface area contributed by atoms with Crippen LogP contribution in [0.5, 0.6) is 17.2 Å². The highest BCUT2D eigenvalue weighted by Gasteiger charge is 2.50. The maximum absolute atomic E-state index is 13.9. The third kappa shape index (κ3) is 6.81. The van der Waals surface area contributed by atoms with Crippen molar-refractivity contribution in [1.82, 2.24) is 5.32 Å². The minimum absolute atomic E-state index is 0.0726. The van der Waals surface area contributed by atoms with Crippen molar-refractivity contribution in [3.05, 3.63) is 63.7 Å². The fourth-order valence-corrected chi connectivity index (χ4v) is 7.76. The van der Waals surface area contributed by atoms with Crippen molar-refractivity contribution in [3.8, 4) is 17.2 Å². The number of alkyl carbamates (subject to hydrolysis) is 1. The molecule has 0 spiro atoms. The zero-order valence-electron chi connectivity index (χ0n) is 29.5. The van der Waals surface area contributed by atoms with Gasteiger partial charge in [0.05, 0.1) is 42.0 Å². The Labute approximate surface area is 300 Å². The molecule has 0 bridgehead atoms. The number of benzene rings is 2. The van der Waals surface area contributed by atoms with Crippen LogP contribution in [0.1, 0.15) is 108 Å². The van der Waals surface area contributed by atoms with E-state index < -0.39 is 108 Å². The van der Waals surface area contributed by atoms with Crippen molar-refractivity contribution in [3.63, 3.8) is 0 Å². The molecule has 2 unspecified atom stereocenters. The zero-order valence-corrected chi connectivity index (χ0v) is 29.5. The van der Waals surface area contributed by atoms with Gasteiger partial charge in [-0.3, -0.25) is 14.4 Å². The summed E-state index contributed by atoms with van der Waals surface area (Å²) in [6, 6.07) is 3.40. The Morgan fingerprint density at radius 2 is 1.79 bits per heavy atom. The molecule has 14 nitrogen and oxygen atoms in total. The monoisotopic (exact) mass is 723 g/mol. The van der Waals surface area contributed by atoms with Crippen molar-refractivity contribution in [1.29, 1.82) is 0 Å². The van der Waals surface area contributed by atoms with Gasteiger partial charge in [-0.25, -0.2) is 4.79 Å². The Hall–Kier alpha value is -4.34. The van der Waals surface area contributed by atoms with Gasteiger partial charge in [-0.1, -0.05) is 32.1 Å². The summed E-state index contributed by atoms with van der Waals surface area (Å²) in [7, 11) is 1.32. The van der Waals surface area contributed by atoms with E-state index in [1.807, 2.05) is 12.2 Å². The number of Topliss-reactive ketones (excluding diaryl/α,β-unsaturated/α-hetero) is 1. The molecule has 0 aromatic heterocycles. The molecule has 2 aromatic carbocycles. The topological polar surface area (TPSA) is 218 Å². The Morgan fingerprint density at radius 1 is 1.06 bits per heavy atom. The van der Waals surface area contributed by atoms with Crippen molar-refractivity contribution in [2.24, 2.45) is 5.41 Å². The highest BCUT2D eigenvalue weighted by Crippen LogP contribution is 2.52. The molecular formula is C38H45NO13. The van der Waals surface area contributed by atoms with Crippen LogP contribution >= 0.6 is 0 Å². The van der Waals surface area contributed by atoms with E-state index in [-0.39, 0.29) is 39.8 Å². The number of carbonyl (C=O) groups excluding carboxylic acids is 4. The van der Waals surface area contributed by atoms with E-state index in [9.17, 15) is 44.7 Å². The van der Waals surface area contributed by atoms with Crippen LogP contribution in [0.3, 0.4) is 0 Å². The van der Waals surface area contributed by atoms with Crippen LogP contribution in [-0.4, -0.2) is 98.9 Å². The second-order valence-electron chi connectivity index (χ2n) is 14.9. The number of hydrogen-bond donors (Lipinski definition) is 6. The van der Waals surface area contributed by atoms with Crippen LogP contribution < -0.4 is 10.1 Å². The molecule has 6 N–H and O–H groups in total. The van der Waals surface area contributed by atoms with Crippen molar-refractivity contribution in [2.75, 3.05) is 13.7 Å². The van der Waals surface area contributed by atoms with Gasteiger partial charge in [0.1, 0.15) is 41.7 Å². The number of carbonyl (C=O) groups is 4. The Morgan fingerprint density at radius 3 is 2.50 bits per heavy atom. The van der Waals surface area contributed by atoms with Gasteiger partial charge in [0.25, 0.3) is 0 Å². The number of ketones is 3. The minimum Gasteiger partial charge on any atom is -0.507 e. The Kier molecular flexibility index (Phi) is 10.2. The van der Waals surface area contributed by atoms with E-state index in [0.717, 1.165) is 19.3 Å². The summed E-state index contributed by atoms with van der Waals surface area (Å²) in [6.45, 7) is 4.82. The van der Waals surface area contributed by atoms with Gasteiger partial charge in [0, 0.05) is 36.0 Å². The molecule has 1 aliphatic heterocycles. The molecule has 2 aromatic rings. The standard InChI is InChI=1S/C38H45NO13/c1-18-31(42)22(39-36(47)51-19-8-5-6-12-37(2,3)13-11-19)14-26(50-18)52-24-16-38(48,25(41)17-40)15-21-28(24)35(46)30-29(33(21)44)32(43)20-9-7-10-23(49-4)27(20)34(30)45/h5,7-10,18-19,22,24,26,31,40,42,44,46,48H,6,11-17H2,1-4H3,(H,39,47)/b8-5+/t18-,19?,22-,24-,26?,31+,38-/m0/s1. The van der Waals surface area contributed by atoms with Gasteiger partial charge in [-0.05, 0) is 50.2 Å². The number of hydrogen-bond acceptors (Lipinski definition) is 13. The van der Waals surface area contributed by atoms with Crippen LogP contribution in [-0.2, 0) is 25.4 Å². The predicted molar refractivity (Wildman–Crippen MR) is 182 cm³/mol. The molecule has 1 saturated heterocycles. The highest BCUT2D eigenvalue weighted by atomic mass is 16.7. The van der Waals surface area contributed by atoms with Crippen LogP contribution in [0.2, 0.25) is 0 Å².